The van der Waals surface area contributed by atoms with E-state index in [-0.39, 0.29) is 41.3 Å². The van der Waals surface area contributed by atoms with E-state index >= 15 is 0 Å². The van der Waals surface area contributed by atoms with Gasteiger partial charge in [-0.1, -0.05) is 30.1 Å². The van der Waals surface area contributed by atoms with Crippen molar-refractivity contribution in [1.29, 1.82) is 0 Å². The van der Waals surface area contributed by atoms with Crippen molar-refractivity contribution in [1.82, 2.24) is 14.5 Å². The molecule has 1 aliphatic heterocycles. The number of aryl methyl sites for hydroxylation is 2. The number of hydrogen-bond acceptors (Lipinski definition) is 3. The predicted octanol–water partition coefficient (Wildman–Crippen LogP) is 6.90. The van der Waals surface area contributed by atoms with Gasteiger partial charge >= 0.3 is 12.1 Å². The lowest BCUT2D eigenvalue weighted by Gasteiger charge is -2.39. The van der Waals surface area contributed by atoms with Gasteiger partial charge in [-0.3, -0.25) is 9.59 Å². The number of alkyl halides is 3. The molecule has 0 saturated carbocycles. The number of imidazole rings is 1. The molecular formula is C27H28Cl2F3N3O3. The Morgan fingerprint density at radius 1 is 1.21 bits per heavy atom. The Morgan fingerprint density at radius 2 is 1.92 bits per heavy atom. The van der Waals surface area contributed by atoms with Gasteiger partial charge in [-0.25, -0.2) is 4.98 Å². The fourth-order valence-electron chi connectivity index (χ4n) is 5.29. The Kier molecular flexibility index (Phi) is 8.00. The first-order chi connectivity index (χ1) is 17.8. The molecule has 11 heteroatoms. The maximum absolute atomic E-state index is 13.6. The Balaban J connectivity index is 1.66. The molecule has 204 valence electrons. The minimum atomic E-state index is -4.48. The van der Waals surface area contributed by atoms with Crippen LogP contribution in [0.25, 0.3) is 11.0 Å². The van der Waals surface area contributed by atoms with E-state index in [4.69, 9.17) is 28.3 Å². The SMILES string of the molecule is CCC1CC(CC(=O)O)CCN1C(=O)c1ccc(Cl)c(Cc2nc3c(C)cc(C(F)(F)F)cc3n2C)c1Cl. The summed E-state index contributed by atoms with van der Waals surface area (Å²) in [5.74, 6) is -0.639. The molecule has 0 aliphatic carbocycles. The molecule has 3 aromatic rings. The number of aromatic nitrogens is 2. The normalized spacial score (nSPS) is 18.3. The molecule has 2 heterocycles. The highest BCUT2D eigenvalue weighted by Crippen LogP contribution is 2.36. The van der Waals surface area contributed by atoms with Gasteiger partial charge < -0.3 is 14.6 Å². The molecule has 1 N–H and O–H groups in total. The molecule has 38 heavy (non-hydrogen) atoms. The van der Waals surface area contributed by atoms with Gasteiger partial charge in [-0.05, 0) is 67.5 Å². The van der Waals surface area contributed by atoms with Crippen molar-refractivity contribution >= 4 is 46.1 Å². The minimum Gasteiger partial charge on any atom is -0.481 e. The van der Waals surface area contributed by atoms with Crippen molar-refractivity contribution < 1.29 is 27.9 Å². The summed E-state index contributed by atoms with van der Waals surface area (Å²) >= 11 is 13.2. The minimum absolute atomic E-state index is 0.0108. The molecule has 4 rings (SSSR count). The van der Waals surface area contributed by atoms with Gasteiger partial charge in [0.05, 0.1) is 27.2 Å². The lowest BCUT2D eigenvalue weighted by atomic mass is 9.87. The summed E-state index contributed by atoms with van der Waals surface area (Å²) in [4.78, 5) is 31.0. The third kappa shape index (κ3) is 5.50. The van der Waals surface area contributed by atoms with Crippen LogP contribution >= 0.6 is 23.2 Å². The van der Waals surface area contributed by atoms with Crippen LogP contribution in [0.5, 0.6) is 0 Å². The topological polar surface area (TPSA) is 75.4 Å². The van der Waals surface area contributed by atoms with Crippen molar-refractivity contribution in [3.8, 4) is 0 Å². The molecule has 1 saturated heterocycles. The number of nitrogens with zero attached hydrogens (tertiary/aromatic N) is 3. The average Bonchev–Trinajstić information content (AvgIpc) is 3.16. The molecule has 0 bridgehead atoms. The quantitative estimate of drug-likeness (QED) is 0.350. The monoisotopic (exact) mass is 569 g/mol. The fourth-order valence-corrected chi connectivity index (χ4v) is 5.87. The number of piperidine rings is 1. The Morgan fingerprint density at radius 3 is 2.55 bits per heavy atom. The molecule has 1 aromatic heterocycles. The number of carboxylic acid groups (broad SMARTS) is 1. The van der Waals surface area contributed by atoms with Crippen LogP contribution in [0.3, 0.4) is 0 Å². The zero-order valence-corrected chi connectivity index (χ0v) is 22.7. The van der Waals surface area contributed by atoms with Crippen LogP contribution in [0, 0.1) is 12.8 Å². The number of amides is 1. The predicted molar refractivity (Wildman–Crippen MR) is 140 cm³/mol. The average molecular weight is 570 g/mol. The van der Waals surface area contributed by atoms with Gasteiger partial charge in [0.1, 0.15) is 5.82 Å². The van der Waals surface area contributed by atoms with E-state index in [2.05, 4.69) is 4.98 Å². The summed E-state index contributed by atoms with van der Waals surface area (Å²) in [5.41, 5.74) is 1.16. The zero-order valence-electron chi connectivity index (χ0n) is 21.2. The maximum Gasteiger partial charge on any atom is 0.416 e. The van der Waals surface area contributed by atoms with Gasteiger partial charge in [0.2, 0.25) is 0 Å². The number of fused-ring (bicyclic) bond motifs is 1. The molecule has 2 aromatic carbocycles. The summed E-state index contributed by atoms with van der Waals surface area (Å²) in [5, 5.41) is 9.64. The van der Waals surface area contributed by atoms with E-state index in [1.54, 1.807) is 35.6 Å². The zero-order chi connectivity index (χ0) is 27.9. The van der Waals surface area contributed by atoms with Crippen molar-refractivity contribution in [3.63, 3.8) is 0 Å². The van der Waals surface area contributed by atoms with E-state index in [0.717, 1.165) is 12.1 Å². The van der Waals surface area contributed by atoms with Gasteiger partial charge in [-0.15, -0.1) is 0 Å². The second kappa shape index (κ2) is 10.8. The van der Waals surface area contributed by atoms with Crippen molar-refractivity contribution in [2.75, 3.05) is 6.54 Å². The van der Waals surface area contributed by atoms with Crippen LogP contribution in [0.1, 0.15) is 65.5 Å². The molecule has 0 radical (unpaired) electrons. The Bertz CT molecular complexity index is 1400. The Hall–Kier alpha value is -2.78. The number of carbonyl (C=O) groups is 2. The number of carbonyl (C=O) groups excluding carboxylic acids is 1. The highest BCUT2D eigenvalue weighted by molar-refractivity contribution is 6.38. The van der Waals surface area contributed by atoms with Crippen molar-refractivity contribution in [2.24, 2.45) is 13.0 Å². The molecule has 1 amide bonds. The van der Waals surface area contributed by atoms with E-state index in [1.807, 2.05) is 6.92 Å². The van der Waals surface area contributed by atoms with E-state index in [1.165, 1.54) is 0 Å². The summed E-state index contributed by atoms with van der Waals surface area (Å²) in [6.07, 6.45) is -2.42. The first kappa shape index (κ1) is 28.2. The van der Waals surface area contributed by atoms with Crippen LogP contribution in [0.15, 0.2) is 24.3 Å². The van der Waals surface area contributed by atoms with E-state index in [9.17, 15) is 22.8 Å². The van der Waals surface area contributed by atoms with Crippen LogP contribution in [-0.4, -0.2) is 44.0 Å². The van der Waals surface area contributed by atoms with Gasteiger partial charge in [0, 0.05) is 37.5 Å². The summed E-state index contributed by atoms with van der Waals surface area (Å²) in [6, 6.07) is 5.19. The summed E-state index contributed by atoms with van der Waals surface area (Å²) in [6.45, 7) is 3.97. The molecule has 1 aliphatic rings. The third-order valence-electron chi connectivity index (χ3n) is 7.37. The van der Waals surface area contributed by atoms with Gasteiger partial charge in [0.15, 0.2) is 0 Å². The first-order valence-electron chi connectivity index (χ1n) is 12.3. The second-order valence-electron chi connectivity index (χ2n) is 9.86. The molecule has 0 spiro atoms. The highest BCUT2D eigenvalue weighted by Gasteiger charge is 2.34. The maximum atomic E-state index is 13.6. The fraction of sp³-hybridized carbons (Fsp3) is 0.444. The number of carboxylic acids is 1. The largest absolute Gasteiger partial charge is 0.481 e. The lowest BCUT2D eigenvalue weighted by molar-refractivity contribution is -0.139. The van der Waals surface area contributed by atoms with Crippen LogP contribution in [0.2, 0.25) is 10.0 Å². The molecule has 6 nitrogen and oxygen atoms in total. The van der Waals surface area contributed by atoms with Gasteiger partial charge in [0.25, 0.3) is 5.91 Å². The van der Waals surface area contributed by atoms with E-state index < -0.39 is 17.7 Å². The van der Waals surface area contributed by atoms with Crippen LogP contribution < -0.4 is 0 Å². The van der Waals surface area contributed by atoms with E-state index in [0.29, 0.717) is 58.8 Å². The van der Waals surface area contributed by atoms with Crippen LogP contribution in [0.4, 0.5) is 13.2 Å². The van der Waals surface area contributed by atoms with Gasteiger partial charge in [-0.2, -0.15) is 13.2 Å². The number of likely N-dealkylation sites (tertiary alicyclic amines) is 1. The summed E-state index contributed by atoms with van der Waals surface area (Å²) < 4.78 is 41.7. The smallest absolute Gasteiger partial charge is 0.416 e. The van der Waals surface area contributed by atoms with Crippen molar-refractivity contribution in [2.45, 2.75) is 58.2 Å². The van der Waals surface area contributed by atoms with Crippen LogP contribution in [-0.2, 0) is 24.4 Å². The standard InChI is InChI=1S/C27H28Cl2F3N3O3/c1-4-17-10-15(11-23(36)37)7-8-35(17)26(38)18-5-6-20(28)19(24(18)29)13-22-33-25-14(2)9-16(27(30,31)32)12-21(25)34(22)3/h5-6,9,12,15,17H,4,7-8,10-11,13H2,1-3H3,(H,36,37). The highest BCUT2D eigenvalue weighted by atomic mass is 35.5. The third-order valence-corrected chi connectivity index (χ3v) is 8.15. The molecule has 2 atom stereocenters. The lowest BCUT2D eigenvalue weighted by Crippen LogP contribution is -2.46. The molecule has 2 unspecified atom stereocenters. The number of benzene rings is 2. The number of rotatable bonds is 6. The summed E-state index contributed by atoms with van der Waals surface area (Å²) in [7, 11) is 1.63. The van der Waals surface area contributed by atoms with Crippen molar-refractivity contribution in [3.05, 3.63) is 62.4 Å². The molecule has 1 fully saturated rings. The number of halogens is 5. The first-order valence-corrected chi connectivity index (χ1v) is 13.1. The number of hydrogen-bond donors (Lipinski definition) is 1. The second-order valence-corrected chi connectivity index (χ2v) is 10.6. The molecular weight excluding hydrogens is 542 g/mol. The number of aliphatic carboxylic acids is 1. The Labute approximate surface area is 228 Å².